The SMILES string of the molecule is CC(=O)Nc1cc(Cl)cc(F)c1C(=O)O. The quantitative estimate of drug-likeness (QED) is 0.820. The number of rotatable bonds is 2. The highest BCUT2D eigenvalue weighted by atomic mass is 35.5. The molecule has 0 bridgehead atoms. The molecule has 0 aromatic heterocycles. The molecule has 0 spiro atoms. The van der Waals surface area contributed by atoms with Gasteiger partial charge in [0.1, 0.15) is 11.4 Å². The third-order valence-corrected chi connectivity index (χ3v) is 1.80. The lowest BCUT2D eigenvalue weighted by Crippen LogP contribution is -2.12. The summed E-state index contributed by atoms with van der Waals surface area (Å²) in [6.07, 6.45) is 0. The second-order valence-corrected chi connectivity index (χ2v) is 3.23. The number of amides is 1. The first-order chi connectivity index (χ1) is 6.91. The summed E-state index contributed by atoms with van der Waals surface area (Å²) < 4.78 is 13.2. The van der Waals surface area contributed by atoms with E-state index in [1.54, 1.807) is 0 Å². The van der Waals surface area contributed by atoms with E-state index in [-0.39, 0.29) is 10.7 Å². The van der Waals surface area contributed by atoms with Crippen molar-refractivity contribution >= 4 is 29.2 Å². The fourth-order valence-electron chi connectivity index (χ4n) is 1.08. The molecule has 2 N–H and O–H groups in total. The van der Waals surface area contributed by atoms with Gasteiger partial charge in [0.15, 0.2) is 0 Å². The van der Waals surface area contributed by atoms with Gasteiger partial charge in [0.05, 0.1) is 5.69 Å². The second-order valence-electron chi connectivity index (χ2n) is 2.80. The zero-order valence-electron chi connectivity index (χ0n) is 7.67. The van der Waals surface area contributed by atoms with Crippen LogP contribution in [0.3, 0.4) is 0 Å². The Balaban J connectivity index is 3.33. The normalized spacial score (nSPS) is 9.80. The first-order valence-electron chi connectivity index (χ1n) is 3.91. The smallest absolute Gasteiger partial charge is 0.340 e. The summed E-state index contributed by atoms with van der Waals surface area (Å²) in [4.78, 5) is 21.4. The van der Waals surface area contributed by atoms with Gasteiger partial charge in [-0.2, -0.15) is 0 Å². The number of halogens is 2. The number of benzene rings is 1. The van der Waals surface area contributed by atoms with Crippen LogP contribution in [0.15, 0.2) is 12.1 Å². The van der Waals surface area contributed by atoms with Gasteiger partial charge in [-0.25, -0.2) is 9.18 Å². The van der Waals surface area contributed by atoms with Crippen molar-refractivity contribution in [2.75, 3.05) is 5.32 Å². The van der Waals surface area contributed by atoms with Crippen molar-refractivity contribution in [1.82, 2.24) is 0 Å². The largest absolute Gasteiger partial charge is 0.478 e. The molecule has 0 radical (unpaired) electrons. The van der Waals surface area contributed by atoms with Crippen LogP contribution in [0.5, 0.6) is 0 Å². The summed E-state index contributed by atoms with van der Waals surface area (Å²) >= 11 is 5.53. The number of hydrogen-bond acceptors (Lipinski definition) is 2. The standard InChI is InChI=1S/C9H7ClFNO3/c1-4(13)12-7-3-5(10)2-6(11)8(7)9(14)15/h2-3H,1H3,(H,12,13)(H,14,15). The van der Waals surface area contributed by atoms with E-state index in [1.165, 1.54) is 13.0 Å². The van der Waals surface area contributed by atoms with Gasteiger partial charge in [0, 0.05) is 11.9 Å². The maximum atomic E-state index is 13.2. The van der Waals surface area contributed by atoms with E-state index >= 15 is 0 Å². The highest BCUT2D eigenvalue weighted by molar-refractivity contribution is 6.31. The minimum absolute atomic E-state index is 0.0150. The van der Waals surface area contributed by atoms with Crippen LogP contribution in [0, 0.1) is 5.82 Å². The molecule has 0 aliphatic rings. The Hall–Kier alpha value is -1.62. The zero-order chi connectivity index (χ0) is 11.6. The summed E-state index contributed by atoms with van der Waals surface area (Å²) in [6.45, 7) is 1.18. The fourth-order valence-corrected chi connectivity index (χ4v) is 1.28. The van der Waals surface area contributed by atoms with Crippen molar-refractivity contribution in [2.24, 2.45) is 0 Å². The zero-order valence-corrected chi connectivity index (χ0v) is 8.43. The molecular weight excluding hydrogens is 225 g/mol. The number of hydrogen-bond donors (Lipinski definition) is 2. The van der Waals surface area contributed by atoms with Gasteiger partial charge in [0.25, 0.3) is 0 Å². The average molecular weight is 232 g/mol. The van der Waals surface area contributed by atoms with Crippen LogP contribution in [-0.2, 0) is 4.79 Å². The van der Waals surface area contributed by atoms with E-state index in [1.807, 2.05) is 0 Å². The molecule has 0 saturated heterocycles. The first kappa shape index (κ1) is 11.5. The monoisotopic (exact) mass is 231 g/mol. The molecule has 0 heterocycles. The lowest BCUT2D eigenvalue weighted by Gasteiger charge is -2.07. The van der Waals surface area contributed by atoms with Gasteiger partial charge in [-0.05, 0) is 12.1 Å². The van der Waals surface area contributed by atoms with Gasteiger partial charge in [-0.3, -0.25) is 4.79 Å². The Morgan fingerprint density at radius 1 is 1.47 bits per heavy atom. The van der Waals surface area contributed by atoms with Crippen molar-refractivity contribution in [2.45, 2.75) is 6.92 Å². The van der Waals surface area contributed by atoms with Crippen LogP contribution in [0.1, 0.15) is 17.3 Å². The molecule has 1 aromatic rings. The van der Waals surface area contributed by atoms with E-state index in [0.29, 0.717) is 0 Å². The van der Waals surface area contributed by atoms with E-state index in [4.69, 9.17) is 16.7 Å². The summed E-state index contributed by atoms with van der Waals surface area (Å²) in [7, 11) is 0. The van der Waals surface area contributed by atoms with Crippen LogP contribution in [0.2, 0.25) is 5.02 Å². The third kappa shape index (κ3) is 2.66. The number of carbonyl (C=O) groups excluding carboxylic acids is 1. The van der Waals surface area contributed by atoms with E-state index in [2.05, 4.69) is 5.32 Å². The molecule has 6 heteroatoms. The maximum absolute atomic E-state index is 13.2. The molecule has 4 nitrogen and oxygen atoms in total. The second kappa shape index (κ2) is 4.27. The molecule has 1 rings (SSSR count). The lowest BCUT2D eigenvalue weighted by atomic mass is 10.1. The van der Waals surface area contributed by atoms with Crippen molar-refractivity contribution in [3.05, 3.63) is 28.5 Å². The topological polar surface area (TPSA) is 66.4 Å². The van der Waals surface area contributed by atoms with Gasteiger partial charge in [-0.1, -0.05) is 11.6 Å². The van der Waals surface area contributed by atoms with Crippen molar-refractivity contribution in [3.63, 3.8) is 0 Å². The molecule has 1 amide bonds. The van der Waals surface area contributed by atoms with Crippen molar-refractivity contribution in [3.8, 4) is 0 Å². The molecule has 1 aromatic carbocycles. The van der Waals surface area contributed by atoms with Gasteiger partial charge < -0.3 is 10.4 Å². The summed E-state index contributed by atoms with van der Waals surface area (Å²) in [5.41, 5.74) is -0.755. The number of carboxylic acid groups (broad SMARTS) is 1. The lowest BCUT2D eigenvalue weighted by molar-refractivity contribution is -0.114. The van der Waals surface area contributed by atoms with Crippen molar-refractivity contribution in [1.29, 1.82) is 0 Å². The van der Waals surface area contributed by atoms with Crippen LogP contribution >= 0.6 is 11.6 Å². The minimum atomic E-state index is -1.46. The Kier molecular flexibility index (Phi) is 3.26. The Bertz CT molecular complexity index is 434. The highest BCUT2D eigenvalue weighted by Gasteiger charge is 2.17. The predicted octanol–water partition coefficient (Wildman–Crippen LogP) is 2.14. The molecule has 0 atom stereocenters. The number of aromatic carboxylic acids is 1. The number of anilines is 1. The van der Waals surface area contributed by atoms with Crippen molar-refractivity contribution < 1.29 is 19.1 Å². The molecule has 0 unspecified atom stereocenters. The Morgan fingerprint density at radius 2 is 2.07 bits per heavy atom. The third-order valence-electron chi connectivity index (χ3n) is 1.58. The fraction of sp³-hybridized carbons (Fsp3) is 0.111. The van der Waals surface area contributed by atoms with E-state index in [0.717, 1.165) is 6.07 Å². The molecule has 0 aliphatic carbocycles. The molecule has 0 fully saturated rings. The van der Waals surface area contributed by atoms with Crippen LogP contribution in [0.4, 0.5) is 10.1 Å². The summed E-state index contributed by atoms with van der Waals surface area (Å²) in [5.74, 6) is -2.95. The average Bonchev–Trinajstić information content (AvgIpc) is 1.99. The maximum Gasteiger partial charge on any atom is 0.340 e. The molecule has 15 heavy (non-hydrogen) atoms. The molecular formula is C9H7ClFNO3. The molecule has 80 valence electrons. The predicted molar refractivity (Wildman–Crippen MR) is 52.7 cm³/mol. The highest BCUT2D eigenvalue weighted by Crippen LogP contribution is 2.24. The van der Waals surface area contributed by atoms with E-state index < -0.39 is 23.3 Å². The Labute approximate surface area is 89.7 Å². The van der Waals surface area contributed by atoms with E-state index in [9.17, 15) is 14.0 Å². The van der Waals surface area contributed by atoms with Crippen LogP contribution in [-0.4, -0.2) is 17.0 Å². The molecule has 0 aliphatic heterocycles. The minimum Gasteiger partial charge on any atom is -0.478 e. The summed E-state index contributed by atoms with van der Waals surface area (Å²) in [5, 5.41) is 10.9. The van der Waals surface area contributed by atoms with Gasteiger partial charge in [0.2, 0.25) is 5.91 Å². The number of nitrogens with one attached hydrogen (secondary N) is 1. The van der Waals surface area contributed by atoms with Crippen LogP contribution < -0.4 is 5.32 Å². The molecule has 0 saturated carbocycles. The summed E-state index contributed by atoms with van der Waals surface area (Å²) in [6, 6.07) is 2.05. The Morgan fingerprint density at radius 3 is 2.53 bits per heavy atom. The number of carbonyl (C=O) groups is 2. The van der Waals surface area contributed by atoms with Gasteiger partial charge >= 0.3 is 5.97 Å². The van der Waals surface area contributed by atoms with Crippen LogP contribution in [0.25, 0.3) is 0 Å². The first-order valence-corrected chi connectivity index (χ1v) is 4.29. The number of carboxylic acids is 1. The van der Waals surface area contributed by atoms with Gasteiger partial charge in [-0.15, -0.1) is 0 Å².